The number of Topliss-reactive ketones (excluding diaryl/α,β-unsaturated/α-hetero) is 1. The predicted molar refractivity (Wildman–Crippen MR) is 111 cm³/mol. The van der Waals surface area contributed by atoms with Crippen LogP contribution in [0.5, 0.6) is 0 Å². The fraction of sp³-hybridized carbons (Fsp3) is 0.250. The van der Waals surface area contributed by atoms with Crippen LogP contribution in [0.2, 0.25) is 0 Å². The lowest BCUT2D eigenvalue weighted by atomic mass is 10.1. The summed E-state index contributed by atoms with van der Waals surface area (Å²) in [6.07, 6.45) is 0. The second-order valence-corrected chi connectivity index (χ2v) is 9.66. The van der Waals surface area contributed by atoms with Crippen molar-refractivity contribution in [2.24, 2.45) is 0 Å². The van der Waals surface area contributed by atoms with Gasteiger partial charge in [-0.3, -0.25) is 4.79 Å². The highest BCUT2D eigenvalue weighted by Crippen LogP contribution is 2.25. The first-order valence-corrected chi connectivity index (χ1v) is 11.1. The number of nitrogens with zero attached hydrogens (tertiary/aromatic N) is 1. The van der Waals surface area contributed by atoms with E-state index < -0.39 is 10.0 Å². The Morgan fingerprint density at radius 3 is 2.59 bits per heavy atom. The molecule has 0 unspecified atom stereocenters. The summed E-state index contributed by atoms with van der Waals surface area (Å²) in [5.41, 5.74) is 3.46. The number of aromatic nitrogens is 1. The molecule has 1 N–H and O–H groups in total. The van der Waals surface area contributed by atoms with Gasteiger partial charge in [-0.1, -0.05) is 30.3 Å². The number of H-pyrrole nitrogens is 1. The van der Waals surface area contributed by atoms with Gasteiger partial charge in [0.05, 0.1) is 10.6 Å². The number of hydrogen-bond donors (Lipinski definition) is 1. The largest absolute Gasteiger partial charge is 0.358 e. The number of carbonyl (C=O) groups excluding carboxylic acids is 1. The summed E-state index contributed by atoms with van der Waals surface area (Å²) in [5, 5.41) is 0.944. The van der Waals surface area contributed by atoms with Crippen LogP contribution in [-0.2, 0) is 15.8 Å². The van der Waals surface area contributed by atoms with Gasteiger partial charge in [0, 0.05) is 42.0 Å². The van der Waals surface area contributed by atoms with Crippen LogP contribution < -0.4 is 0 Å². The lowest BCUT2D eigenvalue weighted by molar-refractivity contribution is 0.102. The maximum Gasteiger partial charge on any atom is 0.242 e. The molecule has 0 aliphatic carbocycles. The number of sulfonamides is 1. The Bertz CT molecular complexity index is 1090. The molecule has 0 aliphatic heterocycles. The Morgan fingerprint density at radius 2 is 1.85 bits per heavy atom. The standard InChI is InChI=1S/C20H22N2O3S2/c1-14-20(17-9-4-5-10-18(17)21-14)19(23)13-26-12-15-7-6-8-16(11-15)27(24,25)22(2)3/h4-11,21H,12-13H2,1-3H3. The normalized spacial score (nSPS) is 12.0. The van der Waals surface area contributed by atoms with Gasteiger partial charge >= 0.3 is 0 Å². The number of thioether (sulfide) groups is 1. The molecule has 27 heavy (non-hydrogen) atoms. The first-order chi connectivity index (χ1) is 12.8. The molecule has 0 saturated carbocycles. The molecule has 0 atom stereocenters. The average molecular weight is 403 g/mol. The van der Waals surface area contributed by atoms with E-state index in [4.69, 9.17) is 0 Å². The highest BCUT2D eigenvalue weighted by Gasteiger charge is 2.18. The van der Waals surface area contributed by atoms with Crippen molar-refractivity contribution < 1.29 is 13.2 Å². The minimum absolute atomic E-state index is 0.0759. The zero-order chi connectivity index (χ0) is 19.6. The number of aryl methyl sites for hydroxylation is 1. The van der Waals surface area contributed by atoms with E-state index in [9.17, 15) is 13.2 Å². The van der Waals surface area contributed by atoms with E-state index in [1.54, 1.807) is 18.2 Å². The maximum atomic E-state index is 12.7. The van der Waals surface area contributed by atoms with Gasteiger partial charge in [0.1, 0.15) is 0 Å². The van der Waals surface area contributed by atoms with E-state index in [0.717, 1.165) is 27.7 Å². The molecule has 2 aromatic carbocycles. The third kappa shape index (κ3) is 4.10. The zero-order valence-corrected chi connectivity index (χ0v) is 17.2. The molecular weight excluding hydrogens is 380 g/mol. The van der Waals surface area contributed by atoms with E-state index in [2.05, 4.69) is 4.98 Å². The summed E-state index contributed by atoms with van der Waals surface area (Å²) < 4.78 is 25.7. The highest BCUT2D eigenvalue weighted by atomic mass is 32.2. The van der Waals surface area contributed by atoms with Gasteiger partial charge in [0.2, 0.25) is 10.0 Å². The van der Waals surface area contributed by atoms with Gasteiger partial charge < -0.3 is 4.98 Å². The number of nitrogens with one attached hydrogen (secondary N) is 1. The molecule has 7 heteroatoms. The van der Waals surface area contributed by atoms with E-state index >= 15 is 0 Å². The van der Waals surface area contributed by atoms with E-state index in [1.165, 1.54) is 30.2 Å². The number of ketones is 1. The second kappa shape index (κ2) is 7.88. The Kier molecular flexibility index (Phi) is 5.74. The summed E-state index contributed by atoms with van der Waals surface area (Å²) in [5.74, 6) is 0.990. The van der Waals surface area contributed by atoms with Gasteiger partial charge in [-0.15, -0.1) is 11.8 Å². The average Bonchev–Trinajstić information content (AvgIpc) is 2.97. The summed E-state index contributed by atoms with van der Waals surface area (Å²) in [4.78, 5) is 16.2. The van der Waals surface area contributed by atoms with Crippen molar-refractivity contribution >= 4 is 38.5 Å². The molecule has 3 aromatic rings. The molecule has 0 bridgehead atoms. The van der Waals surface area contributed by atoms with E-state index in [-0.39, 0.29) is 10.7 Å². The van der Waals surface area contributed by atoms with E-state index in [0.29, 0.717) is 11.5 Å². The Labute approximate surface area is 163 Å². The van der Waals surface area contributed by atoms with Crippen molar-refractivity contribution in [2.75, 3.05) is 19.8 Å². The zero-order valence-electron chi connectivity index (χ0n) is 15.5. The molecule has 0 aliphatic rings. The fourth-order valence-electron chi connectivity index (χ4n) is 2.98. The molecule has 0 radical (unpaired) electrons. The molecule has 3 rings (SSSR count). The van der Waals surface area contributed by atoms with Crippen LogP contribution >= 0.6 is 11.8 Å². The van der Waals surface area contributed by atoms with Gasteiger partial charge in [-0.25, -0.2) is 12.7 Å². The van der Waals surface area contributed by atoms with Crippen molar-refractivity contribution in [1.82, 2.24) is 9.29 Å². The lowest BCUT2D eigenvalue weighted by Crippen LogP contribution is -2.22. The molecule has 0 spiro atoms. The van der Waals surface area contributed by atoms with Gasteiger partial charge in [-0.05, 0) is 30.7 Å². The van der Waals surface area contributed by atoms with Gasteiger partial charge in [0.15, 0.2) is 5.78 Å². The molecule has 1 aromatic heterocycles. The molecule has 0 amide bonds. The number of rotatable bonds is 7. The summed E-state index contributed by atoms with van der Waals surface area (Å²) in [6, 6.07) is 14.6. The maximum absolute atomic E-state index is 12.7. The third-order valence-electron chi connectivity index (χ3n) is 4.35. The molecule has 0 fully saturated rings. The van der Waals surface area contributed by atoms with Gasteiger partial charge in [-0.2, -0.15) is 0 Å². The van der Waals surface area contributed by atoms with Crippen molar-refractivity contribution in [2.45, 2.75) is 17.6 Å². The number of hydrogen-bond acceptors (Lipinski definition) is 4. The van der Waals surface area contributed by atoms with E-state index in [1.807, 2.05) is 37.3 Å². The number of fused-ring (bicyclic) bond motifs is 1. The molecule has 0 saturated heterocycles. The number of para-hydroxylation sites is 1. The molecule has 142 valence electrons. The SMILES string of the molecule is Cc1[nH]c2ccccc2c1C(=O)CSCc1cccc(S(=O)(=O)N(C)C)c1. The van der Waals surface area contributed by atoms with Crippen molar-refractivity contribution in [3.05, 3.63) is 65.4 Å². The van der Waals surface area contributed by atoms with Crippen molar-refractivity contribution in [3.8, 4) is 0 Å². The quantitative estimate of drug-likeness (QED) is 0.610. The van der Waals surface area contributed by atoms with Crippen LogP contribution in [0.15, 0.2) is 53.4 Å². The van der Waals surface area contributed by atoms with Crippen LogP contribution in [0.3, 0.4) is 0 Å². The first kappa shape index (κ1) is 19.7. The third-order valence-corrected chi connectivity index (χ3v) is 7.17. The minimum atomic E-state index is -3.45. The van der Waals surface area contributed by atoms with Crippen LogP contribution in [0.25, 0.3) is 10.9 Å². The monoisotopic (exact) mass is 402 g/mol. The van der Waals surface area contributed by atoms with Crippen molar-refractivity contribution in [1.29, 1.82) is 0 Å². The fourth-order valence-corrected chi connectivity index (χ4v) is 4.80. The Balaban J connectivity index is 1.70. The van der Waals surface area contributed by atoms with Crippen LogP contribution in [0.1, 0.15) is 21.6 Å². The van der Waals surface area contributed by atoms with Crippen LogP contribution in [0.4, 0.5) is 0 Å². The summed E-state index contributed by atoms with van der Waals surface area (Å²) >= 11 is 1.49. The molecule has 1 heterocycles. The van der Waals surface area contributed by atoms with Crippen molar-refractivity contribution in [3.63, 3.8) is 0 Å². The first-order valence-electron chi connectivity index (χ1n) is 8.50. The number of carbonyl (C=O) groups is 1. The smallest absolute Gasteiger partial charge is 0.242 e. The lowest BCUT2D eigenvalue weighted by Gasteiger charge is -2.12. The highest BCUT2D eigenvalue weighted by molar-refractivity contribution is 7.99. The minimum Gasteiger partial charge on any atom is -0.358 e. The molecule has 5 nitrogen and oxygen atoms in total. The Hall–Kier alpha value is -2.09. The number of aromatic amines is 1. The summed E-state index contributed by atoms with van der Waals surface area (Å²) in [6.45, 7) is 1.91. The van der Waals surface area contributed by atoms with Crippen LogP contribution in [-0.4, -0.2) is 43.3 Å². The predicted octanol–water partition coefficient (Wildman–Crippen LogP) is 3.84. The van der Waals surface area contributed by atoms with Gasteiger partial charge in [0.25, 0.3) is 0 Å². The topological polar surface area (TPSA) is 70.2 Å². The molecular formula is C20H22N2O3S2. The van der Waals surface area contributed by atoms with Crippen LogP contribution in [0, 0.1) is 6.92 Å². The second-order valence-electron chi connectivity index (χ2n) is 6.52. The summed E-state index contributed by atoms with van der Waals surface area (Å²) in [7, 11) is -0.427. The Morgan fingerprint density at radius 1 is 1.11 bits per heavy atom. The number of benzene rings is 2.